The van der Waals surface area contributed by atoms with Crippen molar-refractivity contribution < 1.29 is 22.8 Å². The van der Waals surface area contributed by atoms with Gasteiger partial charge in [0.2, 0.25) is 11.8 Å². The summed E-state index contributed by atoms with van der Waals surface area (Å²) in [4.78, 5) is 34.7. The number of anilines is 3. The predicted octanol–water partition coefficient (Wildman–Crippen LogP) is 6.07. The second kappa shape index (κ2) is 8.54. The van der Waals surface area contributed by atoms with Crippen LogP contribution in [0.3, 0.4) is 0 Å². The lowest BCUT2D eigenvalue weighted by molar-refractivity contribution is -0.137. The number of benzene rings is 3. The third kappa shape index (κ3) is 3.90. The Labute approximate surface area is 199 Å². The molecule has 0 bridgehead atoms. The molecule has 3 aromatic carbocycles. The number of carbonyl (C=O) groups is 2. The molecule has 4 aromatic rings. The first-order valence-corrected chi connectivity index (χ1v) is 11.1. The minimum absolute atomic E-state index is 0.0104. The number of pyridine rings is 1. The average molecular weight is 475 g/mol. The van der Waals surface area contributed by atoms with Crippen LogP contribution in [0.4, 0.5) is 30.2 Å². The van der Waals surface area contributed by atoms with Gasteiger partial charge in [-0.15, -0.1) is 0 Å². The van der Waals surface area contributed by atoms with Crippen LogP contribution in [0.25, 0.3) is 10.9 Å². The monoisotopic (exact) mass is 475 g/mol. The maximum atomic E-state index is 14.1. The van der Waals surface area contributed by atoms with Gasteiger partial charge in [0.05, 0.1) is 22.5 Å². The lowest BCUT2D eigenvalue weighted by atomic mass is 9.94. The summed E-state index contributed by atoms with van der Waals surface area (Å²) in [6.45, 7) is 1.90. The average Bonchev–Trinajstić information content (AvgIpc) is 2.94. The molecule has 5 nitrogen and oxygen atoms in total. The van der Waals surface area contributed by atoms with Gasteiger partial charge in [-0.3, -0.25) is 19.5 Å². The molecular weight excluding hydrogens is 455 g/mol. The molecule has 0 saturated heterocycles. The molecule has 2 amide bonds. The Morgan fingerprint density at radius 2 is 1.63 bits per heavy atom. The van der Waals surface area contributed by atoms with Gasteiger partial charge in [-0.05, 0) is 61.0 Å². The molecule has 0 fully saturated rings. The molecule has 1 aliphatic heterocycles. The Bertz CT molecular complexity index is 1440. The molecule has 1 aliphatic rings. The van der Waals surface area contributed by atoms with Crippen LogP contribution in [-0.4, -0.2) is 23.3 Å². The van der Waals surface area contributed by atoms with Crippen molar-refractivity contribution in [3.8, 4) is 0 Å². The summed E-state index contributed by atoms with van der Waals surface area (Å²) < 4.78 is 40.9. The van der Waals surface area contributed by atoms with E-state index in [1.165, 1.54) is 15.9 Å². The van der Waals surface area contributed by atoms with Crippen molar-refractivity contribution in [1.29, 1.82) is 0 Å². The van der Waals surface area contributed by atoms with Crippen molar-refractivity contribution in [2.24, 2.45) is 0 Å². The van der Waals surface area contributed by atoms with Crippen LogP contribution in [0.15, 0.2) is 85.1 Å². The van der Waals surface area contributed by atoms with Gasteiger partial charge in [-0.2, -0.15) is 13.2 Å². The van der Waals surface area contributed by atoms with Crippen LogP contribution in [0.1, 0.15) is 24.0 Å². The van der Waals surface area contributed by atoms with Crippen LogP contribution >= 0.6 is 0 Å². The summed E-state index contributed by atoms with van der Waals surface area (Å²) in [7, 11) is 0. The third-order valence-electron chi connectivity index (χ3n) is 6.11. The summed E-state index contributed by atoms with van der Waals surface area (Å²) in [6, 6.07) is 20.2. The Morgan fingerprint density at radius 1 is 0.857 bits per heavy atom. The number of nitrogens with zero attached hydrogens (tertiary/aromatic N) is 3. The van der Waals surface area contributed by atoms with E-state index in [1.54, 1.807) is 67.7 Å². The smallest absolute Gasteiger partial charge is 0.310 e. The van der Waals surface area contributed by atoms with E-state index >= 15 is 0 Å². The number of carbonyl (C=O) groups excluding carboxylic acids is 2. The topological polar surface area (TPSA) is 53.5 Å². The van der Waals surface area contributed by atoms with E-state index in [4.69, 9.17) is 0 Å². The second-order valence-electron chi connectivity index (χ2n) is 8.18. The predicted molar refractivity (Wildman–Crippen MR) is 128 cm³/mol. The quantitative estimate of drug-likeness (QED) is 0.338. The van der Waals surface area contributed by atoms with Gasteiger partial charge in [0.1, 0.15) is 5.92 Å². The van der Waals surface area contributed by atoms with E-state index in [2.05, 4.69) is 4.98 Å². The van der Waals surface area contributed by atoms with Gasteiger partial charge in [0, 0.05) is 23.8 Å². The van der Waals surface area contributed by atoms with Crippen molar-refractivity contribution in [3.05, 3.63) is 96.2 Å². The Morgan fingerprint density at radius 3 is 2.34 bits per heavy atom. The highest BCUT2D eigenvalue weighted by Crippen LogP contribution is 2.44. The number of para-hydroxylation sites is 1. The summed E-state index contributed by atoms with van der Waals surface area (Å²) in [5, 5.41) is 0.751. The molecule has 0 spiro atoms. The number of rotatable bonds is 3. The van der Waals surface area contributed by atoms with Gasteiger partial charge in [0.25, 0.3) is 0 Å². The zero-order chi connectivity index (χ0) is 24.7. The van der Waals surface area contributed by atoms with Gasteiger partial charge in [0.15, 0.2) is 0 Å². The standard InChI is InChI=1S/C27H20F3N3O2/c1-2-32-22-13-11-19(27(28,29)30)16-23(22)33(20-8-4-3-5-9-20)26(35)24(25(32)34)18-10-12-21-17(15-18)7-6-14-31-21/h3-16,24H,2H2,1H3. The number of aromatic nitrogens is 1. The van der Waals surface area contributed by atoms with E-state index in [-0.39, 0.29) is 17.9 Å². The molecule has 0 saturated carbocycles. The largest absolute Gasteiger partial charge is 0.416 e. The Hall–Kier alpha value is -4.20. The highest BCUT2D eigenvalue weighted by Gasteiger charge is 2.43. The van der Waals surface area contributed by atoms with Crippen molar-refractivity contribution in [2.75, 3.05) is 16.3 Å². The highest BCUT2D eigenvalue weighted by atomic mass is 19.4. The number of amides is 2. The molecule has 1 atom stereocenters. The molecule has 2 heterocycles. The van der Waals surface area contributed by atoms with E-state index in [1.807, 2.05) is 6.07 Å². The number of likely N-dealkylation sites (N-methyl/N-ethyl adjacent to an activating group) is 1. The molecule has 5 rings (SSSR count). The number of alkyl halides is 3. The summed E-state index contributed by atoms with van der Waals surface area (Å²) in [5.74, 6) is -2.37. The van der Waals surface area contributed by atoms with Crippen LogP contribution in [0.2, 0.25) is 0 Å². The van der Waals surface area contributed by atoms with Crippen LogP contribution in [0, 0.1) is 0 Å². The van der Waals surface area contributed by atoms with Crippen molar-refractivity contribution in [2.45, 2.75) is 19.0 Å². The molecule has 35 heavy (non-hydrogen) atoms. The zero-order valence-electron chi connectivity index (χ0n) is 18.7. The van der Waals surface area contributed by atoms with Gasteiger partial charge in [-0.25, -0.2) is 0 Å². The third-order valence-corrected chi connectivity index (χ3v) is 6.11. The number of hydrogen-bond donors (Lipinski definition) is 0. The zero-order valence-corrected chi connectivity index (χ0v) is 18.7. The van der Waals surface area contributed by atoms with E-state index < -0.39 is 29.5 Å². The molecular formula is C27H20F3N3O2. The molecule has 0 aliphatic carbocycles. The van der Waals surface area contributed by atoms with Gasteiger partial charge < -0.3 is 4.90 Å². The van der Waals surface area contributed by atoms with Crippen molar-refractivity contribution in [3.63, 3.8) is 0 Å². The number of fused-ring (bicyclic) bond motifs is 2. The lowest BCUT2D eigenvalue weighted by Crippen LogP contribution is -2.39. The van der Waals surface area contributed by atoms with Gasteiger partial charge in [-0.1, -0.05) is 30.3 Å². The van der Waals surface area contributed by atoms with Crippen LogP contribution < -0.4 is 9.80 Å². The summed E-state index contributed by atoms with van der Waals surface area (Å²) in [5.41, 5.74) is 0.878. The van der Waals surface area contributed by atoms with E-state index in [9.17, 15) is 22.8 Å². The molecule has 8 heteroatoms. The molecule has 1 unspecified atom stereocenters. The highest BCUT2D eigenvalue weighted by molar-refractivity contribution is 6.23. The van der Waals surface area contributed by atoms with Crippen LogP contribution in [-0.2, 0) is 15.8 Å². The first-order chi connectivity index (χ1) is 16.8. The van der Waals surface area contributed by atoms with E-state index in [0.29, 0.717) is 16.8 Å². The van der Waals surface area contributed by atoms with Crippen molar-refractivity contribution in [1.82, 2.24) is 4.98 Å². The molecule has 176 valence electrons. The van der Waals surface area contributed by atoms with Crippen molar-refractivity contribution >= 4 is 39.8 Å². The fourth-order valence-corrected chi connectivity index (χ4v) is 4.46. The fraction of sp³-hybridized carbons (Fsp3) is 0.148. The maximum Gasteiger partial charge on any atom is 0.416 e. The minimum Gasteiger partial charge on any atom is -0.310 e. The Balaban J connectivity index is 1.76. The molecule has 1 aromatic heterocycles. The minimum atomic E-state index is -4.61. The molecule has 0 N–H and O–H groups in total. The second-order valence-corrected chi connectivity index (χ2v) is 8.18. The lowest BCUT2D eigenvalue weighted by Gasteiger charge is -2.26. The van der Waals surface area contributed by atoms with Crippen LogP contribution in [0.5, 0.6) is 0 Å². The number of halogens is 3. The van der Waals surface area contributed by atoms with E-state index in [0.717, 1.165) is 17.5 Å². The summed E-state index contributed by atoms with van der Waals surface area (Å²) in [6.07, 6.45) is -2.96. The normalized spacial score (nSPS) is 16.4. The first kappa shape index (κ1) is 22.6. The summed E-state index contributed by atoms with van der Waals surface area (Å²) >= 11 is 0. The fourth-order valence-electron chi connectivity index (χ4n) is 4.46. The SMILES string of the molecule is CCN1C(=O)C(c2ccc3ncccc3c2)C(=O)N(c2ccccc2)c2cc(C(F)(F)F)ccc21. The van der Waals surface area contributed by atoms with Gasteiger partial charge >= 0.3 is 6.18 Å². The first-order valence-electron chi connectivity index (χ1n) is 11.1. The molecule has 0 radical (unpaired) electrons. The Kier molecular flexibility index (Phi) is 5.51. The number of hydrogen-bond acceptors (Lipinski definition) is 3. The maximum absolute atomic E-state index is 14.1.